The third kappa shape index (κ3) is 4.88. The maximum absolute atomic E-state index is 13.5. The molecular weight excluding hydrogens is 303 g/mol. The number of hydrogen-bond acceptors (Lipinski definition) is 3. The Morgan fingerprint density at radius 3 is 2.95 bits per heavy atom. The Morgan fingerprint density at radius 2 is 2.23 bits per heavy atom. The predicted octanol–water partition coefficient (Wildman–Crippen LogP) is 2.83. The quantitative estimate of drug-likeness (QED) is 0.753. The smallest absolute Gasteiger partial charge is 0.315 e. The summed E-state index contributed by atoms with van der Waals surface area (Å²) in [5, 5.41) is 16.1. The maximum Gasteiger partial charge on any atom is 0.315 e. The van der Waals surface area contributed by atoms with E-state index < -0.39 is 11.9 Å². The normalized spacial score (nSPS) is 22.3. The Balaban J connectivity index is 1.73. The fraction of sp³-hybridized carbons (Fsp3) is 0.562. The Kier molecular flexibility index (Phi) is 6.51. The van der Waals surface area contributed by atoms with Gasteiger partial charge in [-0.15, -0.1) is 0 Å². The summed E-state index contributed by atoms with van der Waals surface area (Å²) in [7, 11) is 0. The number of hydrogen-bond donors (Lipinski definition) is 3. The van der Waals surface area contributed by atoms with E-state index in [1.54, 1.807) is 12.1 Å². The number of carbonyl (C=O) groups is 1. The first-order chi connectivity index (χ1) is 10.6. The van der Waals surface area contributed by atoms with Gasteiger partial charge in [0.1, 0.15) is 5.82 Å². The van der Waals surface area contributed by atoms with Crippen LogP contribution in [-0.4, -0.2) is 34.7 Å². The highest BCUT2D eigenvalue weighted by atomic mass is 32.2. The largest absolute Gasteiger partial charge is 0.386 e. The molecule has 6 heteroatoms. The van der Waals surface area contributed by atoms with E-state index in [1.165, 1.54) is 12.1 Å². The first-order valence-corrected chi connectivity index (χ1v) is 8.73. The molecule has 1 aromatic rings. The fourth-order valence-electron chi connectivity index (χ4n) is 2.74. The second kappa shape index (κ2) is 8.39. The SMILES string of the molecule is CCS[C@@H]1CC[C@H](NC(=O)NC[C@@H](O)c2ccccc2F)C1. The van der Waals surface area contributed by atoms with Crippen LogP contribution < -0.4 is 10.6 Å². The number of halogens is 1. The van der Waals surface area contributed by atoms with Gasteiger partial charge in [0.15, 0.2) is 0 Å². The number of nitrogens with one attached hydrogen (secondary N) is 2. The number of aliphatic hydroxyl groups is 1. The molecule has 0 radical (unpaired) electrons. The predicted molar refractivity (Wildman–Crippen MR) is 87.5 cm³/mol. The van der Waals surface area contributed by atoms with Gasteiger partial charge in [-0.3, -0.25) is 0 Å². The van der Waals surface area contributed by atoms with E-state index in [1.807, 2.05) is 11.8 Å². The second-order valence-corrected chi connectivity index (χ2v) is 7.06. The lowest BCUT2D eigenvalue weighted by molar-refractivity contribution is 0.168. The molecule has 3 atom stereocenters. The van der Waals surface area contributed by atoms with E-state index in [9.17, 15) is 14.3 Å². The highest BCUT2D eigenvalue weighted by molar-refractivity contribution is 7.99. The van der Waals surface area contributed by atoms with E-state index in [-0.39, 0.29) is 24.2 Å². The Hall–Kier alpha value is -1.27. The number of amides is 2. The van der Waals surface area contributed by atoms with Gasteiger partial charge in [-0.05, 0) is 31.1 Å². The summed E-state index contributed by atoms with van der Waals surface area (Å²) in [5.41, 5.74) is 0.197. The van der Waals surface area contributed by atoms with Crippen LogP contribution in [0.15, 0.2) is 24.3 Å². The molecule has 1 aliphatic rings. The first-order valence-electron chi connectivity index (χ1n) is 7.68. The Morgan fingerprint density at radius 1 is 1.45 bits per heavy atom. The van der Waals surface area contributed by atoms with Crippen LogP contribution in [0.1, 0.15) is 37.9 Å². The summed E-state index contributed by atoms with van der Waals surface area (Å²) in [6, 6.07) is 5.92. The van der Waals surface area contributed by atoms with Crippen LogP contribution in [-0.2, 0) is 0 Å². The van der Waals surface area contributed by atoms with Gasteiger partial charge in [-0.25, -0.2) is 9.18 Å². The molecule has 1 aromatic carbocycles. The van der Waals surface area contributed by atoms with E-state index in [4.69, 9.17) is 0 Å². The second-order valence-electron chi connectivity index (χ2n) is 5.48. The van der Waals surface area contributed by atoms with E-state index in [0.29, 0.717) is 5.25 Å². The lowest BCUT2D eigenvalue weighted by Gasteiger charge is -2.16. The zero-order chi connectivity index (χ0) is 15.9. The van der Waals surface area contributed by atoms with Crippen molar-refractivity contribution in [3.05, 3.63) is 35.6 Å². The molecule has 2 rings (SSSR count). The summed E-state index contributed by atoms with van der Waals surface area (Å²) in [4.78, 5) is 11.9. The van der Waals surface area contributed by atoms with E-state index >= 15 is 0 Å². The third-order valence-electron chi connectivity index (χ3n) is 3.84. The van der Waals surface area contributed by atoms with Gasteiger partial charge < -0.3 is 15.7 Å². The molecule has 0 saturated heterocycles. The fourth-order valence-corrected chi connectivity index (χ4v) is 3.88. The summed E-state index contributed by atoms with van der Waals surface area (Å²) in [6.45, 7) is 2.13. The number of carbonyl (C=O) groups excluding carboxylic acids is 1. The third-order valence-corrected chi connectivity index (χ3v) is 5.08. The van der Waals surface area contributed by atoms with Crippen LogP contribution in [0.25, 0.3) is 0 Å². The van der Waals surface area contributed by atoms with Crippen molar-refractivity contribution >= 4 is 17.8 Å². The number of urea groups is 1. The molecule has 4 nitrogen and oxygen atoms in total. The molecule has 3 N–H and O–H groups in total. The van der Waals surface area contributed by atoms with Crippen molar-refractivity contribution in [2.75, 3.05) is 12.3 Å². The molecule has 22 heavy (non-hydrogen) atoms. The first kappa shape index (κ1) is 17.1. The molecular formula is C16H23FN2O2S. The number of rotatable bonds is 6. The molecule has 122 valence electrons. The number of thioether (sulfide) groups is 1. The van der Waals surface area contributed by atoms with Gasteiger partial charge in [-0.1, -0.05) is 25.1 Å². The van der Waals surface area contributed by atoms with Crippen molar-refractivity contribution in [2.45, 2.75) is 43.6 Å². The van der Waals surface area contributed by atoms with Crippen molar-refractivity contribution in [1.29, 1.82) is 0 Å². The average molecular weight is 326 g/mol. The van der Waals surface area contributed by atoms with Crippen LogP contribution in [0.2, 0.25) is 0 Å². The van der Waals surface area contributed by atoms with Crippen LogP contribution >= 0.6 is 11.8 Å². The minimum Gasteiger partial charge on any atom is -0.386 e. The van der Waals surface area contributed by atoms with Crippen molar-refractivity contribution in [3.63, 3.8) is 0 Å². The van der Waals surface area contributed by atoms with Gasteiger partial charge in [0.05, 0.1) is 6.10 Å². The minimum atomic E-state index is -1.04. The van der Waals surface area contributed by atoms with Gasteiger partial charge in [0.25, 0.3) is 0 Å². The molecule has 0 aromatic heterocycles. The zero-order valence-electron chi connectivity index (χ0n) is 12.7. The topological polar surface area (TPSA) is 61.4 Å². The summed E-state index contributed by atoms with van der Waals surface area (Å²) in [6.07, 6.45) is 2.06. The lowest BCUT2D eigenvalue weighted by atomic mass is 10.1. The van der Waals surface area contributed by atoms with Crippen LogP contribution in [0.5, 0.6) is 0 Å². The van der Waals surface area contributed by atoms with Crippen molar-refractivity contribution in [2.24, 2.45) is 0 Å². The lowest BCUT2D eigenvalue weighted by Crippen LogP contribution is -2.42. The molecule has 0 bridgehead atoms. The molecule has 0 heterocycles. The summed E-state index contributed by atoms with van der Waals surface area (Å²) < 4.78 is 13.5. The molecule has 0 spiro atoms. The highest BCUT2D eigenvalue weighted by Gasteiger charge is 2.25. The number of benzene rings is 1. The van der Waals surface area contributed by atoms with E-state index in [2.05, 4.69) is 17.6 Å². The average Bonchev–Trinajstić information content (AvgIpc) is 2.93. The van der Waals surface area contributed by atoms with Gasteiger partial charge in [0, 0.05) is 23.4 Å². The zero-order valence-corrected chi connectivity index (χ0v) is 13.5. The molecule has 0 aliphatic heterocycles. The molecule has 1 saturated carbocycles. The Labute approximate surface area is 134 Å². The molecule has 0 unspecified atom stereocenters. The standard InChI is InChI=1S/C16H23FN2O2S/c1-2-22-12-8-7-11(9-12)19-16(21)18-10-15(20)13-5-3-4-6-14(13)17/h3-6,11-12,15,20H,2,7-10H2,1H3,(H2,18,19,21)/t11-,12+,15+/m0/s1. The highest BCUT2D eigenvalue weighted by Crippen LogP contribution is 2.29. The van der Waals surface area contributed by atoms with Crippen molar-refractivity contribution in [3.8, 4) is 0 Å². The Bertz CT molecular complexity index is 501. The van der Waals surface area contributed by atoms with Crippen molar-refractivity contribution in [1.82, 2.24) is 10.6 Å². The summed E-state index contributed by atoms with van der Waals surface area (Å²) in [5.74, 6) is 0.630. The number of aliphatic hydroxyl groups excluding tert-OH is 1. The monoisotopic (exact) mass is 326 g/mol. The van der Waals surface area contributed by atoms with Crippen LogP contribution in [0.4, 0.5) is 9.18 Å². The summed E-state index contributed by atoms with van der Waals surface area (Å²) >= 11 is 1.93. The van der Waals surface area contributed by atoms with Gasteiger partial charge in [0.2, 0.25) is 0 Å². The van der Waals surface area contributed by atoms with Gasteiger partial charge in [-0.2, -0.15) is 11.8 Å². The van der Waals surface area contributed by atoms with Crippen LogP contribution in [0, 0.1) is 5.82 Å². The molecule has 1 fully saturated rings. The van der Waals surface area contributed by atoms with Gasteiger partial charge >= 0.3 is 6.03 Å². The molecule has 2 amide bonds. The molecule has 1 aliphatic carbocycles. The van der Waals surface area contributed by atoms with Crippen LogP contribution in [0.3, 0.4) is 0 Å². The minimum absolute atomic E-state index is 0.00732. The van der Waals surface area contributed by atoms with E-state index in [0.717, 1.165) is 25.0 Å². The van der Waals surface area contributed by atoms with Crippen molar-refractivity contribution < 1.29 is 14.3 Å². The maximum atomic E-state index is 13.5.